The summed E-state index contributed by atoms with van der Waals surface area (Å²) < 4.78 is 10.1. The molecule has 0 bridgehead atoms. The first-order valence-corrected chi connectivity index (χ1v) is 6.02. The van der Waals surface area contributed by atoms with E-state index in [9.17, 15) is 9.59 Å². The highest BCUT2D eigenvalue weighted by molar-refractivity contribution is 7.22. The Hall–Kier alpha value is -1.50. The zero-order chi connectivity index (χ0) is 13.9. The third-order valence-corrected chi connectivity index (χ3v) is 2.70. The smallest absolute Gasteiger partial charge is 0.412 e. The van der Waals surface area contributed by atoms with E-state index in [1.54, 1.807) is 20.8 Å². The Balaban J connectivity index is 2.84. The molecule has 0 aliphatic rings. The van der Waals surface area contributed by atoms with Crippen molar-refractivity contribution in [2.75, 3.05) is 12.4 Å². The van der Waals surface area contributed by atoms with Gasteiger partial charge in [-0.3, -0.25) is 5.32 Å². The fourth-order valence-electron chi connectivity index (χ4n) is 1.16. The number of amides is 1. The molecular weight excluding hydrogens is 253 g/mol. The van der Waals surface area contributed by atoms with Crippen LogP contribution in [0.4, 0.5) is 10.5 Å². The van der Waals surface area contributed by atoms with Gasteiger partial charge < -0.3 is 9.47 Å². The van der Waals surface area contributed by atoms with Gasteiger partial charge in [0, 0.05) is 0 Å². The van der Waals surface area contributed by atoms with Crippen molar-refractivity contribution in [3.63, 3.8) is 0 Å². The first kappa shape index (κ1) is 14.6. The Labute approximate surface area is 111 Å². The van der Waals surface area contributed by atoms with Gasteiger partial charge in [-0.25, -0.2) is 9.59 Å². The molecular formula is C11H14BNO4S. The lowest BCUT2D eigenvalue weighted by Gasteiger charge is -2.19. The van der Waals surface area contributed by atoms with Gasteiger partial charge in [-0.05, 0) is 31.6 Å². The maximum Gasteiger partial charge on any atom is 0.412 e. The molecule has 18 heavy (non-hydrogen) atoms. The van der Waals surface area contributed by atoms with E-state index in [0.29, 0.717) is 10.5 Å². The monoisotopic (exact) mass is 267 g/mol. The molecule has 1 N–H and O–H groups in total. The molecule has 5 nitrogen and oxygen atoms in total. The highest BCUT2D eigenvalue weighted by Gasteiger charge is 2.20. The minimum atomic E-state index is -0.648. The first-order chi connectivity index (χ1) is 8.23. The largest absolute Gasteiger partial charge is 0.465 e. The van der Waals surface area contributed by atoms with Gasteiger partial charge in [0.05, 0.1) is 12.8 Å². The SMILES string of the molecule is [B]c1cc(NC(=O)OC(C)(C)C)c(C(=O)OC)s1. The number of hydrogen-bond donors (Lipinski definition) is 1. The third-order valence-electron chi connectivity index (χ3n) is 1.76. The van der Waals surface area contributed by atoms with E-state index in [2.05, 4.69) is 10.1 Å². The highest BCUT2D eigenvalue weighted by Crippen LogP contribution is 2.21. The van der Waals surface area contributed by atoms with Crippen molar-refractivity contribution in [3.8, 4) is 0 Å². The van der Waals surface area contributed by atoms with Gasteiger partial charge in [-0.15, -0.1) is 11.3 Å². The Morgan fingerprint density at radius 1 is 1.39 bits per heavy atom. The van der Waals surface area contributed by atoms with Gasteiger partial charge in [0.2, 0.25) is 0 Å². The lowest BCUT2D eigenvalue weighted by molar-refractivity contribution is 0.0607. The summed E-state index contributed by atoms with van der Waals surface area (Å²) in [7, 11) is 6.85. The molecule has 1 heterocycles. The lowest BCUT2D eigenvalue weighted by Crippen LogP contribution is -2.27. The normalized spacial score (nSPS) is 10.9. The summed E-state index contributed by atoms with van der Waals surface area (Å²) in [6.45, 7) is 5.24. The van der Waals surface area contributed by atoms with Crippen LogP contribution in [0.2, 0.25) is 0 Å². The Morgan fingerprint density at radius 2 is 2.00 bits per heavy atom. The molecule has 0 aliphatic heterocycles. The van der Waals surface area contributed by atoms with Crippen molar-refractivity contribution in [1.29, 1.82) is 0 Å². The number of carbonyl (C=O) groups excluding carboxylic acids is 2. The quantitative estimate of drug-likeness (QED) is 0.654. The van der Waals surface area contributed by atoms with Crippen molar-refractivity contribution in [1.82, 2.24) is 0 Å². The second-order valence-corrected chi connectivity index (χ2v) is 5.59. The maximum absolute atomic E-state index is 11.6. The van der Waals surface area contributed by atoms with E-state index in [-0.39, 0.29) is 4.88 Å². The molecule has 1 amide bonds. The summed E-state index contributed by atoms with van der Waals surface area (Å²) in [6, 6.07) is 1.49. The minimum absolute atomic E-state index is 0.237. The van der Waals surface area contributed by atoms with Crippen molar-refractivity contribution < 1.29 is 19.1 Å². The summed E-state index contributed by atoms with van der Waals surface area (Å²) >= 11 is 1.04. The fraction of sp³-hybridized carbons (Fsp3) is 0.455. The predicted molar refractivity (Wildman–Crippen MR) is 70.9 cm³/mol. The number of methoxy groups -OCH3 is 1. The van der Waals surface area contributed by atoms with E-state index >= 15 is 0 Å². The zero-order valence-corrected chi connectivity index (χ0v) is 11.5. The number of nitrogens with one attached hydrogen (secondary N) is 1. The number of ether oxygens (including phenoxy) is 2. The number of thiophene rings is 1. The Bertz CT molecular complexity index is 464. The number of carbonyl (C=O) groups is 2. The van der Waals surface area contributed by atoms with Crippen LogP contribution in [0, 0.1) is 0 Å². The van der Waals surface area contributed by atoms with Gasteiger partial charge in [-0.2, -0.15) is 0 Å². The van der Waals surface area contributed by atoms with Crippen LogP contribution < -0.4 is 10.1 Å². The summed E-state index contributed by atoms with van der Waals surface area (Å²) in [5, 5.41) is 2.47. The Kier molecular flexibility index (Phi) is 4.40. The molecule has 0 saturated carbocycles. The van der Waals surface area contributed by atoms with Crippen LogP contribution in [0.3, 0.4) is 0 Å². The highest BCUT2D eigenvalue weighted by atomic mass is 32.1. The van der Waals surface area contributed by atoms with E-state index in [4.69, 9.17) is 12.6 Å². The molecule has 0 aliphatic carbocycles. The summed E-state index contributed by atoms with van der Waals surface area (Å²) in [5.74, 6) is -0.553. The first-order valence-electron chi connectivity index (χ1n) is 5.20. The molecule has 1 aromatic rings. The van der Waals surface area contributed by atoms with Gasteiger partial charge in [0.1, 0.15) is 18.3 Å². The lowest BCUT2D eigenvalue weighted by atomic mass is 10.1. The minimum Gasteiger partial charge on any atom is -0.465 e. The molecule has 7 heteroatoms. The summed E-state index contributed by atoms with van der Waals surface area (Å²) in [5.41, 5.74) is -0.324. The number of esters is 1. The number of rotatable bonds is 2. The van der Waals surface area contributed by atoms with Crippen molar-refractivity contribution >= 4 is 41.7 Å². The molecule has 0 atom stereocenters. The van der Waals surface area contributed by atoms with Gasteiger partial charge in [0.25, 0.3) is 0 Å². The molecule has 96 valence electrons. The molecule has 0 saturated heterocycles. The van der Waals surface area contributed by atoms with Gasteiger partial charge >= 0.3 is 12.1 Å². The van der Waals surface area contributed by atoms with Crippen molar-refractivity contribution in [2.45, 2.75) is 26.4 Å². The molecule has 0 spiro atoms. The Morgan fingerprint density at radius 3 is 2.50 bits per heavy atom. The molecule has 0 unspecified atom stereocenters. The average molecular weight is 267 g/mol. The summed E-state index contributed by atoms with van der Waals surface area (Å²) in [4.78, 5) is 23.3. The third kappa shape index (κ3) is 4.07. The summed E-state index contributed by atoms with van der Waals surface area (Å²) in [6.07, 6.45) is -0.648. The predicted octanol–water partition coefficient (Wildman–Crippen LogP) is 1.68. The van der Waals surface area contributed by atoms with Gasteiger partial charge in [0.15, 0.2) is 0 Å². The van der Waals surface area contributed by atoms with Crippen molar-refractivity contribution in [3.05, 3.63) is 10.9 Å². The second-order valence-electron chi connectivity index (χ2n) is 4.51. The van der Waals surface area contributed by atoms with Gasteiger partial charge in [-0.1, -0.05) is 0 Å². The van der Waals surface area contributed by atoms with E-state index in [1.165, 1.54) is 13.2 Å². The van der Waals surface area contributed by atoms with E-state index in [0.717, 1.165) is 11.3 Å². The van der Waals surface area contributed by atoms with Crippen LogP contribution in [-0.2, 0) is 9.47 Å². The van der Waals surface area contributed by atoms with Crippen molar-refractivity contribution in [2.24, 2.45) is 0 Å². The van der Waals surface area contributed by atoms with Crippen LogP contribution in [0.15, 0.2) is 6.07 Å². The van der Waals surface area contributed by atoms with E-state index in [1.807, 2.05) is 0 Å². The van der Waals surface area contributed by atoms with Crippen LogP contribution in [0.25, 0.3) is 0 Å². The van der Waals surface area contributed by atoms with Crippen LogP contribution in [0.1, 0.15) is 30.4 Å². The zero-order valence-electron chi connectivity index (χ0n) is 10.7. The average Bonchev–Trinajstić information content (AvgIpc) is 2.55. The fourth-order valence-corrected chi connectivity index (χ4v) is 1.96. The topological polar surface area (TPSA) is 64.6 Å². The molecule has 0 fully saturated rings. The van der Waals surface area contributed by atoms with E-state index < -0.39 is 17.7 Å². The standard InChI is InChI=1S/C11H14BNO4S/c1-11(2,3)17-10(15)13-6-5-7(12)18-8(6)9(14)16-4/h5H,1-4H3,(H,13,15). The van der Waals surface area contributed by atoms with Crippen LogP contribution in [-0.4, -0.2) is 32.6 Å². The molecule has 2 radical (unpaired) electrons. The van der Waals surface area contributed by atoms with Crippen LogP contribution in [0.5, 0.6) is 0 Å². The maximum atomic E-state index is 11.6. The number of anilines is 1. The second kappa shape index (κ2) is 5.43. The number of hydrogen-bond acceptors (Lipinski definition) is 5. The molecule has 0 aromatic carbocycles. The molecule has 1 rings (SSSR count). The van der Waals surface area contributed by atoms with Crippen LogP contribution >= 0.6 is 11.3 Å². The molecule has 1 aromatic heterocycles.